The predicted molar refractivity (Wildman–Crippen MR) is 76.9 cm³/mol. The molecule has 0 aromatic heterocycles. The summed E-state index contributed by atoms with van der Waals surface area (Å²) < 4.78 is 26.3. The van der Waals surface area contributed by atoms with Gasteiger partial charge in [0.15, 0.2) is 0 Å². The monoisotopic (exact) mass is 309 g/mol. The van der Waals surface area contributed by atoms with Gasteiger partial charge in [-0.15, -0.1) is 0 Å². The second-order valence-electron chi connectivity index (χ2n) is 5.72. The normalized spacial score (nSPS) is 23.9. The van der Waals surface area contributed by atoms with Crippen molar-refractivity contribution in [3.05, 3.63) is 30.3 Å². The Kier molecular flexibility index (Phi) is 3.72. The number of nitrogens with zero attached hydrogens (tertiary/aromatic N) is 2. The Balaban J connectivity index is 1.59. The molecule has 2 aliphatic rings. The third kappa shape index (κ3) is 3.03. The second kappa shape index (κ2) is 5.55. The van der Waals surface area contributed by atoms with Crippen LogP contribution in [0.15, 0.2) is 30.3 Å². The number of halogens is 2. The van der Waals surface area contributed by atoms with Gasteiger partial charge in [0, 0.05) is 31.6 Å². The fraction of sp³-hybridized carbons (Fsp3) is 0.467. The molecule has 0 saturated carbocycles. The van der Waals surface area contributed by atoms with Crippen molar-refractivity contribution in [2.45, 2.75) is 24.8 Å². The van der Waals surface area contributed by atoms with E-state index in [0.717, 1.165) is 10.6 Å². The first-order valence-electron chi connectivity index (χ1n) is 7.23. The number of para-hydroxylation sites is 1. The van der Waals surface area contributed by atoms with E-state index in [-0.39, 0.29) is 31.3 Å². The SMILES string of the molecule is O=C(NC1CC(=O)N(c2ccccc2)C1)N1CCC(F)(F)C1. The zero-order valence-electron chi connectivity index (χ0n) is 12.0. The van der Waals surface area contributed by atoms with Gasteiger partial charge in [-0.05, 0) is 12.1 Å². The van der Waals surface area contributed by atoms with Crippen LogP contribution >= 0.6 is 0 Å². The lowest BCUT2D eigenvalue weighted by Crippen LogP contribution is -2.45. The number of hydrogen-bond donors (Lipinski definition) is 1. The Bertz CT molecular complexity index is 579. The van der Waals surface area contributed by atoms with Gasteiger partial charge < -0.3 is 15.1 Å². The van der Waals surface area contributed by atoms with Gasteiger partial charge >= 0.3 is 6.03 Å². The van der Waals surface area contributed by atoms with Gasteiger partial charge in [-0.2, -0.15) is 0 Å². The van der Waals surface area contributed by atoms with Crippen LogP contribution in [0.5, 0.6) is 0 Å². The largest absolute Gasteiger partial charge is 0.333 e. The number of benzene rings is 1. The van der Waals surface area contributed by atoms with E-state index in [0.29, 0.717) is 6.54 Å². The van der Waals surface area contributed by atoms with Gasteiger partial charge in [0.1, 0.15) is 0 Å². The highest BCUT2D eigenvalue weighted by Gasteiger charge is 2.41. The average molecular weight is 309 g/mol. The Morgan fingerprint density at radius 2 is 2.00 bits per heavy atom. The van der Waals surface area contributed by atoms with E-state index in [1.54, 1.807) is 4.90 Å². The lowest BCUT2D eigenvalue weighted by molar-refractivity contribution is -0.117. The molecule has 22 heavy (non-hydrogen) atoms. The van der Waals surface area contributed by atoms with Crippen LogP contribution < -0.4 is 10.2 Å². The van der Waals surface area contributed by atoms with E-state index in [9.17, 15) is 18.4 Å². The Hall–Kier alpha value is -2.18. The fourth-order valence-corrected chi connectivity index (χ4v) is 2.84. The van der Waals surface area contributed by atoms with Crippen LogP contribution in [0, 0.1) is 0 Å². The van der Waals surface area contributed by atoms with E-state index in [1.165, 1.54) is 0 Å². The van der Waals surface area contributed by atoms with Crippen molar-refractivity contribution >= 4 is 17.6 Å². The molecule has 118 valence electrons. The molecule has 5 nitrogen and oxygen atoms in total. The Labute approximate surface area is 126 Å². The van der Waals surface area contributed by atoms with Gasteiger partial charge in [-0.25, -0.2) is 13.6 Å². The van der Waals surface area contributed by atoms with Crippen molar-refractivity contribution in [2.24, 2.45) is 0 Å². The van der Waals surface area contributed by atoms with Crippen LogP contribution in [0.25, 0.3) is 0 Å². The topological polar surface area (TPSA) is 52.7 Å². The minimum atomic E-state index is -2.81. The van der Waals surface area contributed by atoms with Crippen molar-refractivity contribution in [2.75, 3.05) is 24.5 Å². The van der Waals surface area contributed by atoms with Gasteiger partial charge in [0.05, 0.1) is 12.6 Å². The lowest BCUT2D eigenvalue weighted by atomic mass is 10.2. The number of hydrogen-bond acceptors (Lipinski definition) is 2. The quantitative estimate of drug-likeness (QED) is 0.906. The lowest BCUT2D eigenvalue weighted by Gasteiger charge is -2.21. The summed E-state index contributed by atoms with van der Waals surface area (Å²) >= 11 is 0. The molecule has 2 heterocycles. The van der Waals surface area contributed by atoms with E-state index in [4.69, 9.17) is 0 Å². The third-order valence-electron chi connectivity index (χ3n) is 3.98. The number of urea groups is 1. The maximum absolute atomic E-state index is 13.1. The smallest absolute Gasteiger partial charge is 0.317 e. The highest BCUT2D eigenvalue weighted by molar-refractivity contribution is 5.96. The maximum atomic E-state index is 13.1. The Morgan fingerprint density at radius 3 is 2.64 bits per heavy atom. The van der Waals surface area contributed by atoms with E-state index in [2.05, 4.69) is 5.32 Å². The molecule has 0 radical (unpaired) electrons. The van der Waals surface area contributed by atoms with Crippen LogP contribution in [0.2, 0.25) is 0 Å². The molecule has 2 fully saturated rings. The summed E-state index contributed by atoms with van der Waals surface area (Å²) in [6.07, 6.45) is -0.120. The van der Waals surface area contributed by atoms with Crippen molar-refractivity contribution in [3.8, 4) is 0 Å². The summed E-state index contributed by atoms with van der Waals surface area (Å²) in [5.74, 6) is -2.89. The van der Waals surface area contributed by atoms with Crippen LogP contribution in [-0.4, -0.2) is 48.4 Å². The van der Waals surface area contributed by atoms with Crippen LogP contribution in [0.3, 0.4) is 0 Å². The van der Waals surface area contributed by atoms with Gasteiger partial charge in [0.25, 0.3) is 5.92 Å². The summed E-state index contributed by atoms with van der Waals surface area (Å²) in [4.78, 5) is 26.7. The number of nitrogens with one attached hydrogen (secondary N) is 1. The molecule has 2 aliphatic heterocycles. The first-order valence-corrected chi connectivity index (χ1v) is 7.23. The number of anilines is 1. The number of rotatable bonds is 2. The molecule has 1 unspecified atom stereocenters. The molecule has 1 atom stereocenters. The molecule has 3 rings (SSSR count). The zero-order chi connectivity index (χ0) is 15.7. The summed E-state index contributed by atoms with van der Waals surface area (Å²) in [7, 11) is 0. The number of carbonyl (C=O) groups excluding carboxylic acids is 2. The predicted octanol–water partition coefficient (Wildman–Crippen LogP) is 1.84. The molecule has 1 aromatic carbocycles. The molecule has 1 N–H and O–H groups in total. The van der Waals surface area contributed by atoms with Crippen molar-refractivity contribution in [3.63, 3.8) is 0 Å². The maximum Gasteiger partial charge on any atom is 0.317 e. The highest BCUT2D eigenvalue weighted by atomic mass is 19.3. The minimum Gasteiger partial charge on any atom is -0.333 e. The average Bonchev–Trinajstić information content (AvgIpc) is 3.02. The third-order valence-corrected chi connectivity index (χ3v) is 3.98. The van der Waals surface area contributed by atoms with Gasteiger partial charge in [0.2, 0.25) is 5.91 Å². The van der Waals surface area contributed by atoms with Gasteiger partial charge in [-0.1, -0.05) is 18.2 Å². The zero-order valence-corrected chi connectivity index (χ0v) is 12.0. The summed E-state index contributed by atoms with van der Waals surface area (Å²) in [5.41, 5.74) is 0.775. The molecule has 3 amide bonds. The molecule has 1 aromatic rings. The van der Waals surface area contributed by atoms with Crippen LogP contribution in [0.4, 0.5) is 19.3 Å². The van der Waals surface area contributed by atoms with Crippen molar-refractivity contribution < 1.29 is 18.4 Å². The van der Waals surface area contributed by atoms with Crippen LogP contribution in [-0.2, 0) is 4.79 Å². The summed E-state index contributed by atoms with van der Waals surface area (Å²) in [5, 5.41) is 2.68. The molecule has 0 bridgehead atoms. The molecule has 2 saturated heterocycles. The van der Waals surface area contributed by atoms with Crippen molar-refractivity contribution in [1.29, 1.82) is 0 Å². The first kappa shape index (κ1) is 14.7. The minimum absolute atomic E-state index is 0.0436. The molecular weight excluding hydrogens is 292 g/mol. The molecule has 0 aliphatic carbocycles. The molecular formula is C15H17F2N3O2. The fourth-order valence-electron chi connectivity index (χ4n) is 2.84. The molecule has 7 heteroatoms. The Morgan fingerprint density at radius 1 is 1.27 bits per heavy atom. The van der Waals surface area contributed by atoms with E-state index >= 15 is 0 Å². The van der Waals surface area contributed by atoms with Crippen molar-refractivity contribution in [1.82, 2.24) is 10.2 Å². The summed E-state index contributed by atoms with van der Waals surface area (Å²) in [6.45, 7) is -0.150. The first-order chi connectivity index (χ1) is 10.4. The van der Waals surface area contributed by atoms with Crippen LogP contribution in [0.1, 0.15) is 12.8 Å². The summed E-state index contributed by atoms with van der Waals surface area (Å²) in [6, 6.07) is 8.30. The standard InChI is InChI=1S/C15H17F2N3O2/c16-15(17)6-7-19(10-15)14(22)18-11-8-13(21)20(9-11)12-4-2-1-3-5-12/h1-5,11H,6-10H2,(H,18,22). The number of alkyl halides is 2. The number of carbonyl (C=O) groups is 2. The second-order valence-corrected chi connectivity index (χ2v) is 5.72. The number of likely N-dealkylation sites (tertiary alicyclic amines) is 1. The highest BCUT2D eigenvalue weighted by Crippen LogP contribution is 2.27. The van der Waals surface area contributed by atoms with E-state index < -0.39 is 18.5 Å². The number of amides is 3. The van der Waals surface area contributed by atoms with Gasteiger partial charge in [-0.3, -0.25) is 4.79 Å². The van der Waals surface area contributed by atoms with E-state index in [1.807, 2.05) is 30.3 Å². The molecule has 0 spiro atoms.